The molecule has 1 atom stereocenters. The minimum atomic E-state index is -1.31. The van der Waals surface area contributed by atoms with Crippen LogP contribution < -0.4 is 10.2 Å². The van der Waals surface area contributed by atoms with E-state index in [0.29, 0.717) is 27.8 Å². The molecule has 1 N–H and O–H groups in total. The van der Waals surface area contributed by atoms with Gasteiger partial charge in [-0.25, -0.2) is 9.37 Å². The second-order valence-corrected chi connectivity index (χ2v) is 8.45. The second kappa shape index (κ2) is 5.73. The molecular weight excluding hydrogens is 405 g/mol. The first-order valence-corrected chi connectivity index (χ1v) is 10.1. The van der Waals surface area contributed by atoms with Crippen LogP contribution in [0.15, 0.2) is 48.7 Å². The van der Waals surface area contributed by atoms with Crippen LogP contribution in [0.25, 0.3) is 15.3 Å². The summed E-state index contributed by atoms with van der Waals surface area (Å²) < 4.78 is 16.7. The molecule has 148 valence electrons. The third-order valence-corrected chi connectivity index (χ3v) is 6.84. The van der Waals surface area contributed by atoms with Crippen LogP contribution in [0, 0.1) is 5.82 Å². The zero-order valence-electron chi connectivity index (χ0n) is 15.7. The highest BCUT2D eigenvalue weighted by Gasteiger charge is 2.56. The molecule has 2 amide bonds. The number of nitrogens with zero attached hydrogens (tertiary/aromatic N) is 4. The molecule has 4 heterocycles. The van der Waals surface area contributed by atoms with E-state index < -0.39 is 11.2 Å². The van der Waals surface area contributed by atoms with E-state index in [1.165, 1.54) is 28.4 Å². The molecule has 2 aliphatic rings. The first-order valence-electron chi connectivity index (χ1n) is 9.31. The van der Waals surface area contributed by atoms with Crippen molar-refractivity contribution in [2.24, 2.45) is 0 Å². The maximum Gasteiger partial charge on any atom is 0.242 e. The lowest BCUT2D eigenvalue weighted by Gasteiger charge is -2.32. The number of carbonyl (C=O) groups is 2. The van der Waals surface area contributed by atoms with E-state index in [1.807, 2.05) is 24.3 Å². The van der Waals surface area contributed by atoms with Crippen LogP contribution in [0.4, 0.5) is 15.9 Å². The van der Waals surface area contributed by atoms with Crippen LogP contribution in [0.2, 0.25) is 0 Å². The molecule has 9 heteroatoms. The Labute approximate surface area is 173 Å². The molecule has 1 spiro atoms. The fourth-order valence-electron chi connectivity index (χ4n) is 4.47. The van der Waals surface area contributed by atoms with Crippen LogP contribution in [-0.4, -0.2) is 33.6 Å². The van der Waals surface area contributed by atoms with Crippen molar-refractivity contribution in [3.63, 3.8) is 0 Å². The number of carbonyl (C=O) groups excluding carboxylic acids is 2. The van der Waals surface area contributed by atoms with Gasteiger partial charge in [-0.1, -0.05) is 23.5 Å². The predicted octanol–water partition coefficient (Wildman–Crippen LogP) is 3.23. The van der Waals surface area contributed by atoms with Gasteiger partial charge >= 0.3 is 0 Å². The molecule has 0 unspecified atom stereocenters. The number of thiazole rings is 1. The number of amides is 2. The largest absolute Gasteiger partial charge is 0.314 e. The van der Waals surface area contributed by atoms with Gasteiger partial charge < -0.3 is 10.2 Å². The standard InChI is InChI=1S/C21H14FN5O2S/c1-26-15-7-6-11(22)8-12(15)21(19(26)29)9-17(28)25-18-13(21)10-23-27(18)20-24-14-4-2-3-5-16(14)30-20/h2-8,10H,9H2,1H3,(H,25,28)/t21-/m1/s1. The van der Waals surface area contributed by atoms with Crippen molar-refractivity contribution in [3.05, 3.63) is 65.6 Å². The quantitative estimate of drug-likeness (QED) is 0.514. The van der Waals surface area contributed by atoms with Crippen LogP contribution in [0.5, 0.6) is 0 Å². The molecule has 2 aromatic heterocycles. The summed E-state index contributed by atoms with van der Waals surface area (Å²) in [5.74, 6) is -0.668. The molecule has 0 saturated heterocycles. The number of fused-ring (bicyclic) bond motifs is 5. The van der Waals surface area contributed by atoms with E-state index in [-0.39, 0.29) is 18.2 Å². The monoisotopic (exact) mass is 419 g/mol. The van der Waals surface area contributed by atoms with Crippen molar-refractivity contribution in [2.45, 2.75) is 11.8 Å². The number of rotatable bonds is 1. The van der Waals surface area contributed by atoms with Gasteiger partial charge in [0.05, 0.1) is 16.4 Å². The zero-order chi connectivity index (χ0) is 20.6. The number of likely N-dealkylation sites (N-methyl/N-ethyl adjacent to an activating group) is 1. The molecule has 0 bridgehead atoms. The molecule has 7 nitrogen and oxygen atoms in total. The third-order valence-electron chi connectivity index (χ3n) is 5.83. The molecule has 2 aliphatic heterocycles. The lowest BCUT2D eigenvalue weighted by atomic mass is 9.72. The Bertz CT molecular complexity index is 1360. The SMILES string of the molecule is CN1C(=O)[C@]2(CC(=O)Nc3c2cnn3-c2nc3ccccc3s2)c2cc(F)ccc21. The molecule has 6 rings (SSSR count). The molecule has 30 heavy (non-hydrogen) atoms. The number of hydrogen-bond donors (Lipinski definition) is 1. The average Bonchev–Trinajstić information content (AvgIpc) is 3.39. The summed E-state index contributed by atoms with van der Waals surface area (Å²) in [7, 11) is 1.64. The molecule has 2 aromatic carbocycles. The van der Waals surface area contributed by atoms with Crippen LogP contribution in [0.1, 0.15) is 17.5 Å². The lowest BCUT2D eigenvalue weighted by Crippen LogP contribution is -2.45. The topological polar surface area (TPSA) is 80.1 Å². The number of benzene rings is 2. The van der Waals surface area contributed by atoms with E-state index in [4.69, 9.17) is 0 Å². The number of anilines is 2. The average molecular weight is 419 g/mol. The van der Waals surface area contributed by atoms with Gasteiger partial charge in [0, 0.05) is 24.7 Å². The van der Waals surface area contributed by atoms with Gasteiger partial charge in [0.25, 0.3) is 0 Å². The van der Waals surface area contributed by atoms with Gasteiger partial charge in [0.15, 0.2) is 0 Å². The summed E-state index contributed by atoms with van der Waals surface area (Å²) in [4.78, 5) is 32.3. The van der Waals surface area contributed by atoms with Gasteiger partial charge in [-0.2, -0.15) is 9.78 Å². The van der Waals surface area contributed by atoms with Crippen molar-refractivity contribution >= 4 is 44.9 Å². The molecule has 0 fully saturated rings. The molecule has 0 saturated carbocycles. The first-order chi connectivity index (χ1) is 14.5. The Kier molecular flexibility index (Phi) is 3.30. The number of halogens is 1. The fourth-order valence-corrected chi connectivity index (χ4v) is 5.40. The highest BCUT2D eigenvalue weighted by Crippen LogP contribution is 2.52. The van der Waals surface area contributed by atoms with Crippen molar-refractivity contribution in [3.8, 4) is 5.13 Å². The predicted molar refractivity (Wildman–Crippen MR) is 111 cm³/mol. The highest BCUT2D eigenvalue weighted by molar-refractivity contribution is 7.20. The summed E-state index contributed by atoms with van der Waals surface area (Å²) in [5, 5.41) is 7.88. The van der Waals surface area contributed by atoms with Gasteiger partial charge in [0.1, 0.15) is 17.1 Å². The maximum absolute atomic E-state index is 14.2. The van der Waals surface area contributed by atoms with Crippen LogP contribution in [-0.2, 0) is 15.0 Å². The lowest BCUT2D eigenvalue weighted by molar-refractivity contribution is -0.126. The summed E-state index contributed by atoms with van der Waals surface area (Å²) in [5.41, 5.74) is 1.13. The van der Waals surface area contributed by atoms with Crippen molar-refractivity contribution in [1.29, 1.82) is 0 Å². The molecule has 0 radical (unpaired) electrons. The van der Waals surface area contributed by atoms with Gasteiger partial charge in [0.2, 0.25) is 16.9 Å². The van der Waals surface area contributed by atoms with E-state index >= 15 is 0 Å². The number of hydrogen-bond acceptors (Lipinski definition) is 5. The maximum atomic E-state index is 14.2. The highest BCUT2D eigenvalue weighted by atomic mass is 32.1. The fraction of sp³-hybridized carbons (Fsp3) is 0.143. The Morgan fingerprint density at radius 1 is 1.17 bits per heavy atom. The van der Waals surface area contributed by atoms with Crippen LogP contribution >= 0.6 is 11.3 Å². The van der Waals surface area contributed by atoms with Crippen molar-refractivity contribution in [1.82, 2.24) is 14.8 Å². The van der Waals surface area contributed by atoms with E-state index in [1.54, 1.807) is 24.0 Å². The smallest absolute Gasteiger partial charge is 0.242 e. The number of para-hydroxylation sites is 1. The summed E-state index contributed by atoms with van der Waals surface area (Å²) in [6, 6.07) is 11.9. The van der Waals surface area contributed by atoms with Gasteiger partial charge in [-0.15, -0.1) is 0 Å². The van der Waals surface area contributed by atoms with Gasteiger partial charge in [-0.05, 0) is 35.9 Å². The van der Waals surface area contributed by atoms with Crippen molar-refractivity contribution < 1.29 is 14.0 Å². The van der Waals surface area contributed by atoms with Crippen LogP contribution in [0.3, 0.4) is 0 Å². The Morgan fingerprint density at radius 2 is 2.00 bits per heavy atom. The Morgan fingerprint density at radius 3 is 2.83 bits per heavy atom. The number of aromatic nitrogens is 3. The normalized spacial score (nSPS) is 20.0. The third kappa shape index (κ3) is 2.07. The van der Waals surface area contributed by atoms with E-state index in [9.17, 15) is 14.0 Å². The van der Waals surface area contributed by atoms with Gasteiger partial charge in [-0.3, -0.25) is 9.59 Å². The minimum Gasteiger partial charge on any atom is -0.314 e. The first kappa shape index (κ1) is 17.3. The van der Waals surface area contributed by atoms with E-state index in [0.717, 1.165) is 10.2 Å². The Hall–Kier alpha value is -3.59. The second-order valence-electron chi connectivity index (χ2n) is 7.44. The zero-order valence-corrected chi connectivity index (χ0v) is 16.5. The summed E-state index contributed by atoms with van der Waals surface area (Å²) >= 11 is 1.43. The molecule has 0 aliphatic carbocycles. The van der Waals surface area contributed by atoms with Crippen molar-refractivity contribution in [2.75, 3.05) is 17.3 Å². The number of nitrogens with one attached hydrogen (secondary N) is 1. The Balaban J connectivity index is 1.61. The minimum absolute atomic E-state index is 0.106. The van der Waals surface area contributed by atoms with E-state index in [2.05, 4.69) is 15.4 Å². The summed E-state index contributed by atoms with van der Waals surface area (Å²) in [6.45, 7) is 0. The summed E-state index contributed by atoms with van der Waals surface area (Å²) in [6.07, 6.45) is 1.47. The molecule has 4 aromatic rings. The molecular formula is C21H14FN5O2S.